The van der Waals surface area contributed by atoms with Gasteiger partial charge in [-0.2, -0.15) is 5.26 Å². The Morgan fingerprint density at radius 1 is 1.50 bits per heavy atom. The van der Waals surface area contributed by atoms with Gasteiger partial charge in [0.15, 0.2) is 0 Å². The van der Waals surface area contributed by atoms with E-state index in [2.05, 4.69) is 24.0 Å². The van der Waals surface area contributed by atoms with E-state index in [4.69, 9.17) is 11.0 Å². The second-order valence-corrected chi connectivity index (χ2v) is 4.95. The highest BCUT2D eigenvalue weighted by Crippen LogP contribution is 2.35. The van der Waals surface area contributed by atoms with E-state index in [1.807, 2.05) is 18.2 Å². The zero-order chi connectivity index (χ0) is 13.0. The van der Waals surface area contributed by atoms with Gasteiger partial charge in [-0.05, 0) is 56.1 Å². The summed E-state index contributed by atoms with van der Waals surface area (Å²) in [6.07, 6.45) is 2.42. The highest BCUT2D eigenvalue weighted by atomic mass is 15.2. The van der Waals surface area contributed by atoms with Gasteiger partial charge in [0.2, 0.25) is 0 Å². The highest BCUT2D eigenvalue weighted by Gasteiger charge is 2.30. The summed E-state index contributed by atoms with van der Waals surface area (Å²) in [7, 11) is 0. The zero-order valence-corrected chi connectivity index (χ0v) is 11.0. The molecule has 18 heavy (non-hydrogen) atoms. The van der Waals surface area contributed by atoms with Gasteiger partial charge < -0.3 is 5.73 Å². The molecule has 1 saturated heterocycles. The molecule has 1 aromatic carbocycles. The fraction of sp³-hybridized carbons (Fsp3) is 0.533. The standard InChI is InChI=1S/C15H21N3/c1-2-18-8-4-7-14(11-17)15(18)13-6-3-5-12(9-13)10-16/h3,5-6,9,14-15H,2,4,7-8,11,17H2,1H3. The molecule has 2 rings (SSSR count). The van der Waals surface area contributed by atoms with Crippen LogP contribution < -0.4 is 5.73 Å². The molecule has 0 radical (unpaired) electrons. The minimum atomic E-state index is 0.377. The van der Waals surface area contributed by atoms with E-state index in [0.29, 0.717) is 12.0 Å². The minimum absolute atomic E-state index is 0.377. The first-order valence-corrected chi connectivity index (χ1v) is 6.74. The number of rotatable bonds is 3. The summed E-state index contributed by atoms with van der Waals surface area (Å²) in [5.41, 5.74) is 7.91. The molecule has 1 aromatic rings. The third kappa shape index (κ3) is 2.55. The Balaban J connectivity index is 2.33. The van der Waals surface area contributed by atoms with Crippen molar-refractivity contribution in [1.82, 2.24) is 4.90 Å². The number of benzene rings is 1. The molecule has 0 amide bonds. The Labute approximate surface area is 109 Å². The molecule has 2 unspecified atom stereocenters. The Kier molecular flexibility index (Phi) is 4.35. The molecule has 0 saturated carbocycles. The third-order valence-corrected chi connectivity index (χ3v) is 3.93. The number of likely N-dealkylation sites (tertiary alicyclic amines) is 1. The van der Waals surface area contributed by atoms with Crippen molar-refractivity contribution in [1.29, 1.82) is 5.26 Å². The summed E-state index contributed by atoms with van der Waals surface area (Å²) in [6.45, 7) is 5.09. The van der Waals surface area contributed by atoms with Gasteiger partial charge in [0.25, 0.3) is 0 Å². The summed E-state index contributed by atoms with van der Waals surface area (Å²) in [6, 6.07) is 10.6. The predicted octanol–water partition coefficient (Wildman–Crippen LogP) is 2.29. The molecule has 3 nitrogen and oxygen atoms in total. The van der Waals surface area contributed by atoms with Crippen molar-refractivity contribution in [3.8, 4) is 6.07 Å². The molecule has 0 aliphatic carbocycles. The van der Waals surface area contributed by atoms with Crippen molar-refractivity contribution in [2.45, 2.75) is 25.8 Å². The van der Waals surface area contributed by atoms with E-state index >= 15 is 0 Å². The van der Waals surface area contributed by atoms with Gasteiger partial charge >= 0.3 is 0 Å². The largest absolute Gasteiger partial charge is 0.330 e. The van der Waals surface area contributed by atoms with E-state index in [9.17, 15) is 0 Å². The summed E-state index contributed by atoms with van der Waals surface area (Å²) in [5.74, 6) is 0.507. The van der Waals surface area contributed by atoms with Crippen molar-refractivity contribution in [3.05, 3.63) is 35.4 Å². The van der Waals surface area contributed by atoms with E-state index in [1.165, 1.54) is 18.4 Å². The Bertz CT molecular complexity index is 424. The lowest BCUT2D eigenvalue weighted by Crippen LogP contribution is -2.41. The molecule has 2 atom stereocenters. The zero-order valence-electron chi connectivity index (χ0n) is 11.0. The number of piperidine rings is 1. The Morgan fingerprint density at radius 3 is 3.00 bits per heavy atom. The summed E-state index contributed by atoms with van der Waals surface area (Å²) in [4.78, 5) is 2.48. The van der Waals surface area contributed by atoms with Crippen molar-refractivity contribution in [3.63, 3.8) is 0 Å². The molecule has 1 aliphatic heterocycles. The van der Waals surface area contributed by atoms with E-state index in [1.54, 1.807) is 0 Å². The van der Waals surface area contributed by atoms with Crippen molar-refractivity contribution >= 4 is 0 Å². The number of nitrogens with two attached hydrogens (primary N) is 1. The molecular weight excluding hydrogens is 222 g/mol. The van der Waals surface area contributed by atoms with Crippen LogP contribution in [-0.2, 0) is 0 Å². The van der Waals surface area contributed by atoms with Crippen LogP contribution in [-0.4, -0.2) is 24.5 Å². The van der Waals surface area contributed by atoms with Gasteiger partial charge in [0, 0.05) is 6.04 Å². The molecule has 1 fully saturated rings. The minimum Gasteiger partial charge on any atom is -0.330 e. The maximum atomic E-state index is 9.02. The Morgan fingerprint density at radius 2 is 2.33 bits per heavy atom. The topological polar surface area (TPSA) is 53.0 Å². The smallest absolute Gasteiger partial charge is 0.0991 e. The maximum Gasteiger partial charge on any atom is 0.0991 e. The van der Waals surface area contributed by atoms with Crippen LogP contribution in [0.25, 0.3) is 0 Å². The maximum absolute atomic E-state index is 9.02. The second-order valence-electron chi connectivity index (χ2n) is 4.95. The number of hydrogen-bond acceptors (Lipinski definition) is 3. The van der Waals surface area contributed by atoms with Crippen LogP contribution in [0.2, 0.25) is 0 Å². The van der Waals surface area contributed by atoms with Gasteiger partial charge in [-0.1, -0.05) is 19.1 Å². The van der Waals surface area contributed by atoms with E-state index in [0.717, 1.165) is 25.2 Å². The van der Waals surface area contributed by atoms with Crippen LogP contribution in [0.3, 0.4) is 0 Å². The lowest BCUT2D eigenvalue weighted by atomic mass is 9.84. The number of nitrogens with zero attached hydrogens (tertiary/aromatic N) is 2. The van der Waals surface area contributed by atoms with E-state index < -0.39 is 0 Å². The summed E-state index contributed by atoms with van der Waals surface area (Å²) >= 11 is 0. The predicted molar refractivity (Wildman–Crippen MR) is 72.9 cm³/mol. The lowest BCUT2D eigenvalue weighted by molar-refractivity contribution is 0.102. The first-order valence-electron chi connectivity index (χ1n) is 6.74. The molecule has 96 valence electrons. The monoisotopic (exact) mass is 243 g/mol. The van der Waals surface area contributed by atoms with E-state index in [-0.39, 0.29) is 0 Å². The molecule has 1 aliphatic rings. The molecule has 0 bridgehead atoms. The van der Waals surface area contributed by atoms with Crippen LogP contribution in [0.15, 0.2) is 24.3 Å². The first-order chi connectivity index (χ1) is 8.80. The molecule has 2 N–H and O–H groups in total. The molecular formula is C15H21N3. The second kappa shape index (κ2) is 5.99. The normalized spacial score (nSPS) is 24.7. The summed E-state index contributed by atoms with van der Waals surface area (Å²) < 4.78 is 0. The lowest BCUT2D eigenvalue weighted by Gasteiger charge is -2.41. The molecule has 3 heteroatoms. The van der Waals surface area contributed by atoms with Gasteiger partial charge in [-0.15, -0.1) is 0 Å². The van der Waals surface area contributed by atoms with Gasteiger partial charge in [-0.3, -0.25) is 4.90 Å². The third-order valence-electron chi connectivity index (χ3n) is 3.93. The highest BCUT2D eigenvalue weighted by molar-refractivity contribution is 5.34. The van der Waals surface area contributed by atoms with Crippen molar-refractivity contribution in [2.24, 2.45) is 11.7 Å². The van der Waals surface area contributed by atoms with Gasteiger partial charge in [-0.25, -0.2) is 0 Å². The first kappa shape index (κ1) is 13.1. The van der Waals surface area contributed by atoms with Crippen LogP contribution in [0, 0.1) is 17.2 Å². The average Bonchev–Trinajstić information content (AvgIpc) is 2.46. The summed E-state index contributed by atoms with van der Waals surface area (Å²) in [5, 5.41) is 9.02. The van der Waals surface area contributed by atoms with Crippen LogP contribution >= 0.6 is 0 Å². The number of nitriles is 1. The quantitative estimate of drug-likeness (QED) is 0.886. The molecule has 0 spiro atoms. The van der Waals surface area contributed by atoms with Crippen LogP contribution in [0.5, 0.6) is 0 Å². The SMILES string of the molecule is CCN1CCCC(CN)C1c1cccc(C#N)c1. The van der Waals surface area contributed by atoms with Crippen molar-refractivity contribution in [2.75, 3.05) is 19.6 Å². The van der Waals surface area contributed by atoms with Crippen molar-refractivity contribution < 1.29 is 0 Å². The van der Waals surface area contributed by atoms with Crippen LogP contribution in [0.4, 0.5) is 0 Å². The number of hydrogen-bond donors (Lipinski definition) is 1. The fourth-order valence-electron chi connectivity index (χ4n) is 3.03. The fourth-order valence-corrected chi connectivity index (χ4v) is 3.03. The Hall–Kier alpha value is -1.37. The van der Waals surface area contributed by atoms with Gasteiger partial charge in [0.1, 0.15) is 0 Å². The molecule has 0 aromatic heterocycles. The average molecular weight is 243 g/mol. The van der Waals surface area contributed by atoms with Gasteiger partial charge in [0.05, 0.1) is 11.6 Å². The molecule has 1 heterocycles. The van der Waals surface area contributed by atoms with Crippen LogP contribution in [0.1, 0.15) is 36.9 Å².